The first kappa shape index (κ1) is 17.5. The van der Waals surface area contributed by atoms with Crippen molar-refractivity contribution in [3.8, 4) is 0 Å². The van der Waals surface area contributed by atoms with Crippen LogP contribution in [0.2, 0.25) is 5.02 Å². The quantitative estimate of drug-likeness (QED) is 0.815. The number of carbonyl (C=O) groups is 3. The van der Waals surface area contributed by atoms with Gasteiger partial charge in [0, 0.05) is 23.3 Å². The van der Waals surface area contributed by atoms with Crippen LogP contribution in [0.3, 0.4) is 0 Å². The number of hydrogen-bond acceptors (Lipinski definition) is 4. The van der Waals surface area contributed by atoms with Crippen LogP contribution in [0.1, 0.15) is 17.3 Å². The fraction of sp³-hybridized carbons (Fsp3) is 0.118. The van der Waals surface area contributed by atoms with E-state index < -0.39 is 18.5 Å². The molecular weight excluding hydrogens is 332 g/mol. The van der Waals surface area contributed by atoms with Crippen molar-refractivity contribution in [3.63, 3.8) is 0 Å². The molecule has 0 aromatic heterocycles. The summed E-state index contributed by atoms with van der Waals surface area (Å²) in [6.07, 6.45) is 0. The molecule has 0 aliphatic heterocycles. The Morgan fingerprint density at radius 3 is 2.33 bits per heavy atom. The van der Waals surface area contributed by atoms with E-state index in [1.807, 2.05) is 0 Å². The molecule has 7 heteroatoms. The largest absolute Gasteiger partial charge is 0.452 e. The Morgan fingerprint density at radius 1 is 1.00 bits per heavy atom. The predicted molar refractivity (Wildman–Crippen MR) is 91.1 cm³/mol. The molecule has 24 heavy (non-hydrogen) atoms. The number of amides is 2. The maximum absolute atomic E-state index is 12.0. The van der Waals surface area contributed by atoms with Crippen molar-refractivity contribution in [2.45, 2.75) is 6.92 Å². The molecule has 2 aromatic carbocycles. The Kier molecular flexibility index (Phi) is 5.92. The number of nitrogens with one attached hydrogen (secondary N) is 2. The van der Waals surface area contributed by atoms with Crippen molar-refractivity contribution < 1.29 is 19.1 Å². The molecule has 2 aromatic rings. The smallest absolute Gasteiger partial charge is 0.338 e. The molecule has 0 saturated carbocycles. The number of benzene rings is 2. The topological polar surface area (TPSA) is 84.5 Å². The van der Waals surface area contributed by atoms with Gasteiger partial charge in [0.25, 0.3) is 5.91 Å². The summed E-state index contributed by atoms with van der Waals surface area (Å²) in [5.74, 6) is -1.39. The summed E-state index contributed by atoms with van der Waals surface area (Å²) >= 11 is 5.82. The van der Waals surface area contributed by atoms with E-state index in [0.29, 0.717) is 16.4 Å². The van der Waals surface area contributed by atoms with Gasteiger partial charge in [-0.3, -0.25) is 9.59 Å². The van der Waals surface area contributed by atoms with Gasteiger partial charge in [0.05, 0.1) is 5.56 Å². The normalized spacial score (nSPS) is 9.92. The number of ether oxygens (including phenoxy) is 1. The zero-order valence-corrected chi connectivity index (χ0v) is 13.6. The second kappa shape index (κ2) is 8.12. The maximum atomic E-state index is 12.0. The summed E-state index contributed by atoms with van der Waals surface area (Å²) in [6, 6.07) is 12.9. The van der Waals surface area contributed by atoms with E-state index in [4.69, 9.17) is 16.3 Å². The SMILES string of the molecule is CC(=O)Nc1cccc(C(=O)OCC(=O)Nc2cccc(Cl)c2)c1. The highest BCUT2D eigenvalue weighted by Gasteiger charge is 2.11. The Balaban J connectivity index is 1.90. The van der Waals surface area contributed by atoms with E-state index in [1.54, 1.807) is 36.4 Å². The number of rotatable bonds is 5. The molecule has 0 aliphatic carbocycles. The second-order valence-electron chi connectivity index (χ2n) is 4.90. The minimum absolute atomic E-state index is 0.233. The first-order valence-corrected chi connectivity index (χ1v) is 7.42. The molecule has 0 bridgehead atoms. The van der Waals surface area contributed by atoms with Crippen LogP contribution < -0.4 is 10.6 Å². The summed E-state index contributed by atoms with van der Waals surface area (Å²) in [7, 11) is 0. The summed E-state index contributed by atoms with van der Waals surface area (Å²) in [5.41, 5.74) is 1.22. The lowest BCUT2D eigenvalue weighted by atomic mass is 10.2. The lowest BCUT2D eigenvalue weighted by Gasteiger charge is -2.08. The van der Waals surface area contributed by atoms with Crippen molar-refractivity contribution in [2.24, 2.45) is 0 Å². The average Bonchev–Trinajstić information content (AvgIpc) is 2.52. The van der Waals surface area contributed by atoms with Crippen LogP contribution in [0.5, 0.6) is 0 Å². The van der Waals surface area contributed by atoms with Gasteiger partial charge in [-0.05, 0) is 36.4 Å². The van der Waals surface area contributed by atoms with Gasteiger partial charge in [0.2, 0.25) is 5.91 Å². The minimum Gasteiger partial charge on any atom is -0.452 e. The Morgan fingerprint density at radius 2 is 1.67 bits per heavy atom. The van der Waals surface area contributed by atoms with Gasteiger partial charge in [-0.15, -0.1) is 0 Å². The van der Waals surface area contributed by atoms with Crippen LogP contribution in [0, 0.1) is 0 Å². The highest BCUT2D eigenvalue weighted by molar-refractivity contribution is 6.30. The van der Waals surface area contributed by atoms with Crippen LogP contribution in [-0.2, 0) is 14.3 Å². The third kappa shape index (κ3) is 5.40. The van der Waals surface area contributed by atoms with Gasteiger partial charge < -0.3 is 15.4 Å². The van der Waals surface area contributed by atoms with E-state index in [-0.39, 0.29) is 11.5 Å². The fourth-order valence-corrected chi connectivity index (χ4v) is 2.10. The van der Waals surface area contributed by atoms with Crippen LogP contribution >= 0.6 is 11.6 Å². The Bertz CT molecular complexity index is 777. The number of hydrogen-bond donors (Lipinski definition) is 2. The summed E-state index contributed by atoms with van der Waals surface area (Å²) < 4.78 is 4.96. The maximum Gasteiger partial charge on any atom is 0.338 e. The molecule has 0 atom stereocenters. The molecule has 2 amide bonds. The number of carbonyl (C=O) groups excluding carboxylic acids is 3. The summed E-state index contributed by atoms with van der Waals surface area (Å²) in [5, 5.41) is 5.62. The lowest BCUT2D eigenvalue weighted by molar-refractivity contribution is -0.119. The monoisotopic (exact) mass is 346 g/mol. The third-order valence-electron chi connectivity index (χ3n) is 2.86. The highest BCUT2D eigenvalue weighted by atomic mass is 35.5. The van der Waals surface area contributed by atoms with Crippen molar-refractivity contribution in [3.05, 3.63) is 59.1 Å². The molecule has 0 aliphatic rings. The predicted octanol–water partition coefficient (Wildman–Crippen LogP) is 3.09. The standard InChI is InChI=1S/C17H15ClN2O4/c1-11(21)19-14-6-2-4-12(8-14)17(23)24-10-16(22)20-15-7-3-5-13(18)9-15/h2-9H,10H2,1H3,(H,19,21)(H,20,22). The molecule has 0 radical (unpaired) electrons. The Labute approximate surface area is 143 Å². The number of esters is 1. The van der Waals surface area contributed by atoms with Crippen molar-refractivity contribution in [1.29, 1.82) is 0 Å². The van der Waals surface area contributed by atoms with E-state index in [1.165, 1.54) is 19.1 Å². The van der Waals surface area contributed by atoms with Gasteiger partial charge in [0.15, 0.2) is 6.61 Å². The van der Waals surface area contributed by atoms with Crippen LogP contribution in [0.4, 0.5) is 11.4 Å². The second-order valence-corrected chi connectivity index (χ2v) is 5.33. The zero-order valence-electron chi connectivity index (χ0n) is 12.8. The molecule has 124 valence electrons. The Hall–Kier alpha value is -2.86. The fourth-order valence-electron chi connectivity index (χ4n) is 1.90. The van der Waals surface area contributed by atoms with Crippen LogP contribution in [0.25, 0.3) is 0 Å². The van der Waals surface area contributed by atoms with Crippen LogP contribution in [-0.4, -0.2) is 24.4 Å². The third-order valence-corrected chi connectivity index (χ3v) is 3.10. The molecule has 0 spiro atoms. The molecule has 6 nitrogen and oxygen atoms in total. The molecule has 0 saturated heterocycles. The van der Waals surface area contributed by atoms with Crippen molar-refractivity contribution in [2.75, 3.05) is 17.2 Å². The van der Waals surface area contributed by atoms with E-state index >= 15 is 0 Å². The van der Waals surface area contributed by atoms with E-state index in [2.05, 4.69) is 10.6 Å². The van der Waals surface area contributed by atoms with Gasteiger partial charge in [-0.2, -0.15) is 0 Å². The first-order chi connectivity index (χ1) is 11.4. The van der Waals surface area contributed by atoms with E-state index in [0.717, 1.165) is 0 Å². The molecular formula is C17H15ClN2O4. The van der Waals surface area contributed by atoms with Crippen molar-refractivity contribution >= 4 is 40.8 Å². The molecule has 0 unspecified atom stereocenters. The molecule has 2 N–H and O–H groups in total. The van der Waals surface area contributed by atoms with Gasteiger partial charge >= 0.3 is 5.97 Å². The zero-order chi connectivity index (χ0) is 17.5. The highest BCUT2D eigenvalue weighted by Crippen LogP contribution is 2.15. The number of halogens is 1. The average molecular weight is 347 g/mol. The van der Waals surface area contributed by atoms with Gasteiger partial charge in [-0.1, -0.05) is 23.7 Å². The molecule has 0 heterocycles. The number of anilines is 2. The van der Waals surface area contributed by atoms with Gasteiger partial charge in [-0.25, -0.2) is 4.79 Å². The molecule has 2 rings (SSSR count). The molecule has 0 fully saturated rings. The minimum atomic E-state index is -0.663. The van der Waals surface area contributed by atoms with Crippen LogP contribution in [0.15, 0.2) is 48.5 Å². The van der Waals surface area contributed by atoms with E-state index in [9.17, 15) is 14.4 Å². The van der Waals surface area contributed by atoms with Crippen molar-refractivity contribution in [1.82, 2.24) is 0 Å². The van der Waals surface area contributed by atoms with Gasteiger partial charge in [0.1, 0.15) is 0 Å². The lowest BCUT2D eigenvalue weighted by Crippen LogP contribution is -2.21. The summed E-state index contributed by atoms with van der Waals surface area (Å²) in [4.78, 5) is 34.8. The summed E-state index contributed by atoms with van der Waals surface area (Å²) in [6.45, 7) is 0.931. The first-order valence-electron chi connectivity index (χ1n) is 7.04.